The maximum Gasteiger partial charge on any atom is 0.305 e. The molecule has 0 fully saturated rings. The lowest BCUT2D eigenvalue weighted by atomic mass is 10.4. The molecule has 0 amide bonds. The van der Waals surface area contributed by atoms with Gasteiger partial charge in [0.25, 0.3) is 0 Å². The molecule has 0 rings (SSSR count). The normalized spacial score (nSPS) is 10.6. The second-order valence-corrected chi connectivity index (χ2v) is 8.73. The monoisotopic (exact) mass is 416 g/mol. The van der Waals surface area contributed by atoms with E-state index in [0.717, 1.165) is 30.6 Å². The van der Waals surface area contributed by atoms with Crippen molar-refractivity contribution in [3.05, 3.63) is 0 Å². The largest absolute Gasteiger partial charge is 0.425 e. The van der Waals surface area contributed by atoms with E-state index in [9.17, 15) is 19.2 Å². The molecule has 8 nitrogen and oxygen atoms in total. The molecule has 27 heavy (non-hydrogen) atoms. The second-order valence-electron chi connectivity index (χ2n) is 5.73. The Balaban J connectivity index is 3.77. The van der Waals surface area contributed by atoms with E-state index in [1.807, 2.05) is 0 Å². The van der Waals surface area contributed by atoms with Crippen LogP contribution in [0.2, 0.25) is 24.2 Å². The minimum atomic E-state index is -0.797. The Morgan fingerprint density at radius 3 is 1.15 bits per heavy atom. The van der Waals surface area contributed by atoms with Gasteiger partial charge in [-0.3, -0.25) is 19.2 Å². The van der Waals surface area contributed by atoms with Gasteiger partial charge in [0.2, 0.25) is 12.6 Å². The van der Waals surface area contributed by atoms with Crippen LogP contribution in [0.4, 0.5) is 0 Å². The van der Waals surface area contributed by atoms with Crippen LogP contribution in [0.5, 0.6) is 0 Å². The standard InChI is InChI=1S/C17H28O8Si2/c1-12(18)22-16(23-13(2)19)6-10-26-8-5-9-27-11-7-17(24-14(3)20)25-15(4)21/h16-17H,5-11H2,1-4H3. The third kappa shape index (κ3) is 17.5. The van der Waals surface area contributed by atoms with Crippen molar-refractivity contribution >= 4 is 42.9 Å². The summed E-state index contributed by atoms with van der Waals surface area (Å²) in [7, 11) is 1.40. The summed E-state index contributed by atoms with van der Waals surface area (Å²) in [5, 5.41) is 0. The van der Waals surface area contributed by atoms with E-state index < -0.39 is 36.5 Å². The molecule has 0 saturated heterocycles. The van der Waals surface area contributed by atoms with Crippen LogP contribution in [0.1, 0.15) is 47.0 Å². The Morgan fingerprint density at radius 1 is 0.593 bits per heavy atom. The summed E-state index contributed by atoms with van der Waals surface area (Å²) >= 11 is 0. The van der Waals surface area contributed by atoms with Crippen molar-refractivity contribution in [2.45, 2.75) is 83.7 Å². The summed E-state index contributed by atoms with van der Waals surface area (Å²) in [5.74, 6) is -1.86. The Labute approximate surface area is 165 Å². The Hall–Kier alpha value is -1.69. The van der Waals surface area contributed by atoms with Crippen molar-refractivity contribution in [2.75, 3.05) is 0 Å². The molecule has 0 atom stereocenters. The van der Waals surface area contributed by atoms with E-state index in [1.165, 1.54) is 27.7 Å². The van der Waals surface area contributed by atoms with Gasteiger partial charge in [-0.05, 0) is 0 Å². The molecular weight excluding hydrogens is 388 g/mol. The topological polar surface area (TPSA) is 105 Å². The number of esters is 4. The molecule has 0 heterocycles. The average Bonchev–Trinajstić information content (AvgIpc) is 2.50. The summed E-state index contributed by atoms with van der Waals surface area (Å²) in [6, 6.07) is 3.76. The minimum absolute atomic E-state index is 0.466. The predicted molar refractivity (Wildman–Crippen MR) is 99.2 cm³/mol. The number of hydrogen-bond acceptors (Lipinski definition) is 8. The molecule has 0 aromatic heterocycles. The van der Waals surface area contributed by atoms with Crippen molar-refractivity contribution in [1.82, 2.24) is 0 Å². The maximum absolute atomic E-state index is 11.0. The zero-order valence-electron chi connectivity index (χ0n) is 16.4. The second kappa shape index (κ2) is 15.4. The lowest BCUT2D eigenvalue weighted by molar-refractivity contribution is -0.187. The summed E-state index contributed by atoms with van der Waals surface area (Å²) in [6.07, 6.45) is 0.482. The van der Waals surface area contributed by atoms with Crippen molar-refractivity contribution in [2.24, 2.45) is 0 Å². The van der Waals surface area contributed by atoms with E-state index in [4.69, 9.17) is 18.9 Å². The molecule has 0 saturated carbocycles. The highest BCUT2D eigenvalue weighted by atomic mass is 28.2. The van der Waals surface area contributed by atoms with E-state index in [2.05, 4.69) is 0 Å². The molecule has 0 unspecified atom stereocenters. The predicted octanol–water partition coefficient (Wildman–Crippen LogP) is 2.14. The fourth-order valence-electron chi connectivity index (χ4n) is 2.05. The number of hydrogen-bond donors (Lipinski definition) is 0. The molecule has 4 radical (unpaired) electrons. The van der Waals surface area contributed by atoms with Gasteiger partial charge >= 0.3 is 23.9 Å². The molecule has 0 aliphatic heterocycles. The molecule has 0 aromatic rings. The first-order chi connectivity index (χ1) is 12.7. The van der Waals surface area contributed by atoms with Crippen LogP contribution < -0.4 is 0 Å². The maximum atomic E-state index is 11.0. The van der Waals surface area contributed by atoms with Crippen LogP contribution in [-0.4, -0.2) is 55.5 Å². The van der Waals surface area contributed by atoms with Gasteiger partial charge in [0.05, 0.1) is 0 Å². The summed E-state index contributed by atoms with van der Waals surface area (Å²) in [6.45, 7) is 5.14. The number of ether oxygens (including phenoxy) is 4. The van der Waals surface area contributed by atoms with Crippen LogP contribution >= 0.6 is 0 Å². The fraction of sp³-hybridized carbons (Fsp3) is 0.765. The van der Waals surface area contributed by atoms with Gasteiger partial charge in [-0.1, -0.05) is 30.6 Å². The SMILES string of the molecule is CC(=O)OC(CC[Si]CCC[Si]CCC(OC(C)=O)OC(C)=O)OC(C)=O. The smallest absolute Gasteiger partial charge is 0.305 e. The third-order valence-electron chi connectivity index (χ3n) is 3.01. The molecule has 0 aliphatic carbocycles. The summed E-state index contributed by atoms with van der Waals surface area (Å²) in [5.41, 5.74) is 0. The molecule has 152 valence electrons. The van der Waals surface area contributed by atoms with Gasteiger partial charge in [0, 0.05) is 59.6 Å². The Bertz CT molecular complexity index is 410. The van der Waals surface area contributed by atoms with Crippen LogP contribution in [0.25, 0.3) is 0 Å². The van der Waals surface area contributed by atoms with Crippen LogP contribution in [0.15, 0.2) is 0 Å². The average molecular weight is 417 g/mol. The fourth-order valence-corrected chi connectivity index (χ4v) is 4.64. The third-order valence-corrected chi connectivity index (χ3v) is 5.71. The van der Waals surface area contributed by atoms with Gasteiger partial charge in [0.15, 0.2) is 0 Å². The zero-order chi connectivity index (χ0) is 20.7. The van der Waals surface area contributed by atoms with E-state index in [0.29, 0.717) is 31.9 Å². The van der Waals surface area contributed by atoms with Gasteiger partial charge in [-0.25, -0.2) is 0 Å². The van der Waals surface area contributed by atoms with Crippen LogP contribution in [0, 0.1) is 0 Å². The first-order valence-electron chi connectivity index (χ1n) is 8.81. The van der Waals surface area contributed by atoms with E-state index in [1.54, 1.807) is 0 Å². The lowest BCUT2D eigenvalue weighted by Gasteiger charge is -2.16. The van der Waals surface area contributed by atoms with Gasteiger partial charge in [-0.15, -0.1) is 0 Å². The first-order valence-corrected chi connectivity index (χ1v) is 11.6. The van der Waals surface area contributed by atoms with E-state index >= 15 is 0 Å². The molecule has 0 bridgehead atoms. The van der Waals surface area contributed by atoms with E-state index in [-0.39, 0.29) is 0 Å². The highest BCUT2D eigenvalue weighted by molar-refractivity contribution is 6.37. The van der Waals surface area contributed by atoms with Gasteiger partial charge in [0.1, 0.15) is 0 Å². The first kappa shape index (κ1) is 25.3. The van der Waals surface area contributed by atoms with Crippen molar-refractivity contribution in [1.29, 1.82) is 0 Å². The van der Waals surface area contributed by atoms with Crippen molar-refractivity contribution < 1.29 is 38.1 Å². The van der Waals surface area contributed by atoms with Gasteiger partial charge in [-0.2, -0.15) is 0 Å². The van der Waals surface area contributed by atoms with Crippen molar-refractivity contribution in [3.8, 4) is 0 Å². The quantitative estimate of drug-likeness (QED) is 0.184. The summed E-state index contributed by atoms with van der Waals surface area (Å²) < 4.78 is 19.8. The number of rotatable bonds is 14. The molecule has 0 N–H and O–H groups in total. The zero-order valence-corrected chi connectivity index (χ0v) is 18.4. The number of carbonyl (C=O) groups is 4. The Morgan fingerprint density at radius 2 is 0.889 bits per heavy atom. The minimum Gasteiger partial charge on any atom is -0.425 e. The van der Waals surface area contributed by atoms with Crippen LogP contribution in [-0.2, 0) is 38.1 Å². The van der Waals surface area contributed by atoms with Crippen LogP contribution in [0.3, 0.4) is 0 Å². The summed E-state index contributed by atoms with van der Waals surface area (Å²) in [4.78, 5) is 43.9. The molecule has 0 spiro atoms. The number of carbonyl (C=O) groups excluding carboxylic acids is 4. The highest BCUT2D eigenvalue weighted by Crippen LogP contribution is 2.10. The molecular formula is C17H28O8Si2. The molecule has 10 heteroatoms. The molecule has 0 aromatic carbocycles. The highest BCUT2D eigenvalue weighted by Gasteiger charge is 2.15. The van der Waals surface area contributed by atoms with Gasteiger partial charge < -0.3 is 18.9 Å². The lowest BCUT2D eigenvalue weighted by Crippen LogP contribution is -2.22. The van der Waals surface area contributed by atoms with Crippen molar-refractivity contribution in [3.63, 3.8) is 0 Å². The Kier molecular flexibility index (Phi) is 14.4. The molecule has 0 aliphatic rings.